The van der Waals surface area contributed by atoms with E-state index in [-0.39, 0.29) is 6.17 Å². The molecule has 2 N–H and O–H groups in total. The van der Waals surface area contributed by atoms with E-state index < -0.39 is 6.10 Å². The average molecular weight is 347 g/mol. The van der Waals surface area contributed by atoms with E-state index in [0.717, 1.165) is 16.8 Å². The molecule has 0 saturated carbocycles. The van der Waals surface area contributed by atoms with Gasteiger partial charge in [0, 0.05) is 30.2 Å². The van der Waals surface area contributed by atoms with Gasteiger partial charge >= 0.3 is 0 Å². The van der Waals surface area contributed by atoms with Crippen LogP contribution in [0.3, 0.4) is 0 Å². The number of aliphatic hydroxyl groups is 1. The van der Waals surface area contributed by atoms with Crippen molar-refractivity contribution < 1.29 is 5.11 Å². The molecular weight excluding hydrogens is 322 g/mol. The number of hydrogen-bond acceptors (Lipinski definition) is 4. The van der Waals surface area contributed by atoms with E-state index in [9.17, 15) is 5.11 Å². The quantitative estimate of drug-likeness (QED) is 0.630. The minimum Gasteiger partial charge on any atom is -0.387 e. The largest absolute Gasteiger partial charge is 0.387 e. The van der Waals surface area contributed by atoms with Crippen LogP contribution in [0.1, 0.15) is 29.0 Å². The van der Waals surface area contributed by atoms with Gasteiger partial charge < -0.3 is 10.4 Å². The van der Waals surface area contributed by atoms with Crippen LogP contribution in [-0.4, -0.2) is 28.6 Å². The highest BCUT2D eigenvalue weighted by Gasteiger charge is 2.21. The number of likely N-dealkylation sites (N-methyl/N-ethyl adjacent to an activating group) is 1. The lowest BCUT2D eigenvalue weighted by molar-refractivity contribution is 0.110. The fraction of sp³-hybridized carbons (Fsp3) is 0.227. The first kappa shape index (κ1) is 18.1. The van der Waals surface area contributed by atoms with Crippen molar-refractivity contribution in [1.29, 1.82) is 0 Å². The molecule has 2 unspecified atom stereocenters. The summed E-state index contributed by atoms with van der Waals surface area (Å²) in [6.07, 6.45) is 2.98. The van der Waals surface area contributed by atoms with Crippen molar-refractivity contribution in [3.05, 3.63) is 95.8 Å². The summed E-state index contributed by atoms with van der Waals surface area (Å²) in [7, 11) is 2.01. The minimum atomic E-state index is -0.556. The zero-order chi connectivity index (χ0) is 18.4. The van der Waals surface area contributed by atoms with E-state index in [2.05, 4.69) is 34.3 Å². The summed E-state index contributed by atoms with van der Waals surface area (Å²) in [6.45, 7) is 2.59. The molecule has 0 aliphatic carbocycles. The number of para-hydroxylation sites is 1. The fourth-order valence-electron chi connectivity index (χ4n) is 3.03. The van der Waals surface area contributed by atoms with Gasteiger partial charge in [-0.2, -0.15) is 0 Å². The van der Waals surface area contributed by atoms with E-state index in [1.165, 1.54) is 5.56 Å². The summed E-state index contributed by atoms with van der Waals surface area (Å²) in [5, 5.41) is 14.2. The third-order valence-corrected chi connectivity index (χ3v) is 4.52. The van der Waals surface area contributed by atoms with Crippen LogP contribution in [0.25, 0.3) is 0 Å². The van der Waals surface area contributed by atoms with Crippen molar-refractivity contribution in [3.63, 3.8) is 0 Å². The van der Waals surface area contributed by atoms with Crippen molar-refractivity contribution in [2.45, 2.75) is 19.2 Å². The van der Waals surface area contributed by atoms with Crippen molar-refractivity contribution in [3.8, 4) is 0 Å². The molecule has 1 aromatic heterocycles. The topological polar surface area (TPSA) is 48.4 Å². The van der Waals surface area contributed by atoms with Gasteiger partial charge in [-0.15, -0.1) is 0 Å². The van der Waals surface area contributed by atoms with Crippen molar-refractivity contribution in [1.82, 2.24) is 9.88 Å². The van der Waals surface area contributed by atoms with Gasteiger partial charge in [-0.1, -0.05) is 54.6 Å². The third kappa shape index (κ3) is 4.48. The van der Waals surface area contributed by atoms with Crippen molar-refractivity contribution in [2.75, 3.05) is 18.9 Å². The van der Waals surface area contributed by atoms with Crippen LogP contribution < -0.4 is 5.32 Å². The van der Waals surface area contributed by atoms with Crippen LogP contribution in [-0.2, 0) is 0 Å². The molecule has 3 aromatic rings. The molecule has 0 bridgehead atoms. The molecule has 26 heavy (non-hydrogen) atoms. The number of anilines is 1. The van der Waals surface area contributed by atoms with Gasteiger partial charge in [0.05, 0.1) is 6.10 Å². The predicted molar refractivity (Wildman–Crippen MR) is 106 cm³/mol. The third-order valence-electron chi connectivity index (χ3n) is 4.52. The Morgan fingerprint density at radius 3 is 2.35 bits per heavy atom. The summed E-state index contributed by atoms with van der Waals surface area (Å²) >= 11 is 0. The predicted octanol–water partition coefficient (Wildman–Crippen LogP) is 4.17. The zero-order valence-electron chi connectivity index (χ0n) is 15.2. The summed E-state index contributed by atoms with van der Waals surface area (Å²) in [5.74, 6) is 0. The molecule has 0 aliphatic rings. The number of aliphatic hydroxyl groups excluding tert-OH is 1. The number of hydrogen-bond donors (Lipinski definition) is 2. The number of pyridine rings is 1. The van der Waals surface area contributed by atoms with Gasteiger partial charge in [0.1, 0.15) is 6.17 Å². The van der Waals surface area contributed by atoms with Crippen molar-refractivity contribution >= 4 is 5.69 Å². The first-order chi connectivity index (χ1) is 12.6. The Hall–Kier alpha value is -2.69. The molecule has 0 amide bonds. The molecule has 4 heteroatoms. The highest BCUT2D eigenvalue weighted by Crippen LogP contribution is 2.26. The number of nitrogens with zero attached hydrogens (tertiary/aromatic N) is 2. The molecule has 4 nitrogen and oxygen atoms in total. The van der Waals surface area contributed by atoms with Crippen LogP contribution in [0.15, 0.2) is 79.1 Å². The SMILES string of the molecule is Cc1ccccc1NC(c1cccnc1)N(C)CC(O)c1ccccc1. The standard InChI is InChI=1S/C22H25N3O/c1-17-9-6-7-13-20(17)24-22(19-12-8-14-23-15-19)25(2)16-21(26)18-10-4-3-5-11-18/h3-15,21-22,24,26H,16H2,1-2H3. The van der Waals surface area contributed by atoms with E-state index in [1.54, 1.807) is 6.20 Å². The lowest BCUT2D eigenvalue weighted by atomic mass is 10.1. The molecule has 3 rings (SSSR count). The summed E-state index contributed by atoms with van der Waals surface area (Å²) < 4.78 is 0. The Morgan fingerprint density at radius 2 is 1.65 bits per heavy atom. The number of benzene rings is 2. The normalized spacial score (nSPS) is 13.4. The second-order valence-electron chi connectivity index (χ2n) is 6.51. The maximum atomic E-state index is 10.6. The van der Waals surface area contributed by atoms with E-state index in [1.807, 2.05) is 67.8 Å². The monoisotopic (exact) mass is 347 g/mol. The van der Waals surface area contributed by atoms with Gasteiger partial charge in [-0.3, -0.25) is 9.88 Å². The molecular formula is C22H25N3O. The highest BCUT2D eigenvalue weighted by atomic mass is 16.3. The molecule has 134 valence electrons. The van der Waals surface area contributed by atoms with Crippen LogP contribution in [0, 0.1) is 6.92 Å². The molecule has 0 radical (unpaired) electrons. The van der Waals surface area contributed by atoms with Crippen LogP contribution in [0.4, 0.5) is 5.69 Å². The van der Waals surface area contributed by atoms with Crippen LogP contribution in [0.5, 0.6) is 0 Å². The van der Waals surface area contributed by atoms with Crippen molar-refractivity contribution in [2.24, 2.45) is 0 Å². The smallest absolute Gasteiger partial charge is 0.107 e. The maximum Gasteiger partial charge on any atom is 0.107 e. The Kier molecular flexibility index (Phi) is 6.00. The van der Waals surface area contributed by atoms with Gasteiger partial charge in [0.25, 0.3) is 0 Å². The molecule has 0 saturated heterocycles. The summed E-state index contributed by atoms with van der Waals surface area (Å²) in [6, 6.07) is 21.9. The zero-order valence-corrected chi connectivity index (χ0v) is 15.2. The Bertz CT molecular complexity index is 808. The number of aryl methyl sites for hydroxylation is 1. The average Bonchev–Trinajstić information content (AvgIpc) is 2.68. The Balaban J connectivity index is 1.82. The highest BCUT2D eigenvalue weighted by molar-refractivity contribution is 5.51. The molecule has 0 aliphatic heterocycles. The number of aromatic nitrogens is 1. The lowest BCUT2D eigenvalue weighted by Gasteiger charge is -2.32. The van der Waals surface area contributed by atoms with E-state index in [0.29, 0.717) is 6.54 Å². The molecule has 0 spiro atoms. The van der Waals surface area contributed by atoms with Gasteiger partial charge in [-0.25, -0.2) is 0 Å². The molecule has 1 heterocycles. The molecule has 2 atom stereocenters. The minimum absolute atomic E-state index is 0.0943. The maximum absolute atomic E-state index is 10.6. The number of rotatable bonds is 7. The first-order valence-corrected chi connectivity index (χ1v) is 8.80. The molecule has 2 aromatic carbocycles. The Morgan fingerprint density at radius 1 is 0.962 bits per heavy atom. The van der Waals surface area contributed by atoms with E-state index in [4.69, 9.17) is 0 Å². The fourth-order valence-corrected chi connectivity index (χ4v) is 3.03. The van der Waals surface area contributed by atoms with Gasteiger partial charge in [0.15, 0.2) is 0 Å². The second-order valence-corrected chi connectivity index (χ2v) is 6.51. The first-order valence-electron chi connectivity index (χ1n) is 8.80. The summed E-state index contributed by atoms with van der Waals surface area (Å²) in [4.78, 5) is 6.37. The van der Waals surface area contributed by atoms with Crippen LogP contribution in [0.2, 0.25) is 0 Å². The molecule has 0 fully saturated rings. The van der Waals surface area contributed by atoms with Gasteiger partial charge in [-0.05, 0) is 37.2 Å². The van der Waals surface area contributed by atoms with Crippen LogP contribution >= 0.6 is 0 Å². The second kappa shape index (κ2) is 8.61. The van der Waals surface area contributed by atoms with E-state index >= 15 is 0 Å². The summed E-state index contributed by atoms with van der Waals surface area (Å²) in [5.41, 5.74) is 4.22. The lowest BCUT2D eigenvalue weighted by Crippen LogP contribution is -2.34. The van der Waals surface area contributed by atoms with Gasteiger partial charge in [0.2, 0.25) is 0 Å². The Labute approximate surface area is 155 Å². The number of nitrogens with one attached hydrogen (secondary N) is 1.